The minimum atomic E-state index is -2.83. The predicted molar refractivity (Wildman–Crippen MR) is 136 cm³/mol. The fourth-order valence-corrected chi connectivity index (χ4v) is 5.24. The van der Waals surface area contributed by atoms with Crippen LogP contribution in [0.1, 0.15) is 18.0 Å². The molecule has 1 fully saturated rings. The maximum absolute atomic E-state index is 12.8. The Morgan fingerprint density at radius 2 is 1.81 bits per heavy atom. The number of halogens is 2. The van der Waals surface area contributed by atoms with E-state index in [-0.39, 0.29) is 17.3 Å². The largest absolute Gasteiger partial charge is 0.415 e. The molecule has 1 saturated heterocycles. The number of hydrogen-bond donors (Lipinski definition) is 1. The van der Waals surface area contributed by atoms with Crippen LogP contribution in [-0.4, -0.2) is 50.9 Å². The van der Waals surface area contributed by atoms with Gasteiger partial charge < -0.3 is 14.6 Å². The number of fused-ring (bicyclic) bond motifs is 1. The second-order valence-electron chi connectivity index (χ2n) is 8.56. The summed E-state index contributed by atoms with van der Waals surface area (Å²) in [7, 11) is 0. The van der Waals surface area contributed by atoms with Crippen molar-refractivity contribution in [2.24, 2.45) is 0 Å². The first kappa shape index (κ1) is 23.4. The maximum Gasteiger partial charge on any atom is 0.314 e. The molecule has 1 aromatic carbocycles. The van der Waals surface area contributed by atoms with Gasteiger partial charge in [0.15, 0.2) is 0 Å². The Morgan fingerprint density at radius 3 is 2.57 bits per heavy atom. The van der Waals surface area contributed by atoms with Gasteiger partial charge in [0, 0.05) is 38.6 Å². The Hall–Kier alpha value is -4.03. The molecule has 4 aromatic heterocycles. The average Bonchev–Trinajstić information content (AvgIpc) is 3.55. The molecule has 0 amide bonds. The summed E-state index contributed by atoms with van der Waals surface area (Å²) < 4.78 is 32.9. The van der Waals surface area contributed by atoms with Gasteiger partial charge in [-0.2, -0.15) is 8.78 Å². The van der Waals surface area contributed by atoms with E-state index in [4.69, 9.17) is 4.42 Å². The summed E-state index contributed by atoms with van der Waals surface area (Å²) in [6.45, 7) is 3.98. The molecule has 6 rings (SSSR count). The van der Waals surface area contributed by atoms with Crippen LogP contribution < -0.4 is 15.1 Å². The van der Waals surface area contributed by atoms with E-state index in [1.807, 2.05) is 30.5 Å². The highest BCUT2D eigenvalue weighted by Crippen LogP contribution is 2.29. The fourth-order valence-electron chi connectivity index (χ4n) is 4.31. The van der Waals surface area contributed by atoms with Gasteiger partial charge in [-0.05, 0) is 47.5 Å². The van der Waals surface area contributed by atoms with Crippen LogP contribution in [0.4, 0.5) is 14.6 Å². The first-order valence-corrected chi connectivity index (χ1v) is 12.5. The van der Waals surface area contributed by atoms with E-state index in [2.05, 4.69) is 36.4 Å². The van der Waals surface area contributed by atoms with Gasteiger partial charge in [-0.3, -0.25) is 14.3 Å². The maximum atomic E-state index is 12.8. The zero-order valence-electron chi connectivity index (χ0n) is 19.5. The van der Waals surface area contributed by atoms with E-state index >= 15 is 0 Å². The van der Waals surface area contributed by atoms with E-state index in [1.165, 1.54) is 17.5 Å². The third-order valence-electron chi connectivity index (χ3n) is 6.21. The smallest absolute Gasteiger partial charge is 0.314 e. The molecule has 0 bridgehead atoms. The van der Waals surface area contributed by atoms with E-state index in [1.54, 1.807) is 16.7 Å². The molecule has 5 aromatic rings. The number of hydrogen-bond acceptors (Lipinski definition) is 9. The number of piperazine rings is 1. The summed E-state index contributed by atoms with van der Waals surface area (Å²) in [5.41, 5.74) is 3.95. The molecular formula is C25H21F2N7O2S. The number of alkyl halides is 2. The molecule has 37 heavy (non-hydrogen) atoms. The number of nitrogens with one attached hydrogen (secondary N) is 1. The molecule has 0 spiro atoms. The van der Waals surface area contributed by atoms with E-state index < -0.39 is 12.3 Å². The fraction of sp³-hybridized carbons (Fsp3) is 0.240. The van der Waals surface area contributed by atoms with Crippen molar-refractivity contribution < 1.29 is 13.2 Å². The Bertz CT molecular complexity index is 1610. The number of anilines is 1. The molecule has 0 atom stereocenters. The van der Waals surface area contributed by atoms with Crippen molar-refractivity contribution in [1.82, 2.24) is 30.0 Å². The molecule has 12 heteroatoms. The quantitative estimate of drug-likeness (QED) is 0.358. The molecule has 0 radical (unpaired) electrons. The van der Waals surface area contributed by atoms with Gasteiger partial charge in [0.1, 0.15) is 5.82 Å². The Balaban J connectivity index is 1.24. The number of benzene rings is 1. The summed E-state index contributed by atoms with van der Waals surface area (Å²) in [5.74, 6) is 0.183. The van der Waals surface area contributed by atoms with Crippen molar-refractivity contribution in [3.63, 3.8) is 0 Å². The first-order valence-electron chi connectivity index (χ1n) is 11.7. The number of pyridine rings is 2. The summed E-state index contributed by atoms with van der Waals surface area (Å²) in [6.07, 6.45) is 0.457. The third kappa shape index (κ3) is 4.72. The second kappa shape index (κ2) is 9.79. The summed E-state index contributed by atoms with van der Waals surface area (Å²) >= 11 is 1.19. The molecule has 0 saturated carbocycles. The summed E-state index contributed by atoms with van der Waals surface area (Å²) in [4.78, 5) is 23.9. The minimum absolute atomic E-state index is 0.0312. The lowest BCUT2D eigenvalue weighted by atomic mass is 10.1. The van der Waals surface area contributed by atoms with Crippen LogP contribution in [0.5, 0.6) is 0 Å². The molecule has 1 N–H and O–H groups in total. The highest BCUT2D eigenvalue weighted by Gasteiger charge is 2.18. The van der Waals surface area contributed by atoms with Crippen LogP contribution in [0.2, 0.25) is 0 Å². The van der Waals surface area contributed by atoms with Crippen molar-refractivity contribution >= 4 is 27.4 Å². The molecule has 5 heterocycles. The van der Waals surface area contributed by atoms with Crippen LogP contribution in [0, 0.1) is 0 Å². The van der Waals surface area contributed by atoms with E-state index in [0.29, 0.717) is 11.3 Å². The number of nitrogens with zero attached hydrogens (tertiary/aromatic N) is 6. The van der Waals surface area contributed by atoms with Crippen molar-refractivity contribution in [3.05, 3.63) is 76.1 Å². The molecule has 9 nitrogen and oxygen atoms in total. The molecule has 1 aliphatic heterocycles. The Morgan fingerprint density at radius 1 is 1.00 bits per heavy atom. The van der Waals surface area contributed by atoms with Crippen LogP contribution >= 0.6 is 11.3 Å². The zero-order chi connectivity index (χ0) is 25.4. The SMILES string of the molecule is O=c1sc2cc(-c3ccnc(N4CCNCC4)c3)ccc2n1Cc1ccc(-c2nnc(C(F)F)o2)cn1. The predicted octanol–water partition coefficient (Wildman–Crippen LogP) is 3.97. The van der Waals surface area contributed by atoms with Gasteiger partial charge in [-0.1, -0.05) is 17.4 Å². The number of aromatic nitrogens is 5. The molecule has 188 valence electrons. The van der Waals surface area contributed by atoms with Crippen molar-refractivity contribution in [2.75, 3.05) is 31.1 Å². The normalized spacial score (nSPS) is 14.1. The van der Waals surface area contributed by atoms with E-state index in [9.17, 15) is 13.6 Å². The van der Waals surface area contributed by atoms with Gasteiger partial charge in [0.25, 0.3) is 5.89 Å². The lowest BCUT2D eigenvalue weighted by Crippen LogP contribution is -2.43. The zero-order valence-corrected chi connectivity index (χ0v) is 20.3. The van der Waals surface area contributed by atoms with Gasteiger partial charge in [-0.15, -0.1) is 10.2 Å². The van der Waals surface area contributed by atoms with E-state index in [0.717, 1.165) is 53.3 Å². The van der Waals surface area contributed by atoms with Gasteiger partial charge in [0.05, 0.1) is 28.0 Å². The summed E-state index contributed by atoms with van der Waals surface area (Å²) in [5, 5.41) is 10.3. The Kier molecular flexibility index (Phi) is 6.18. The molecule has 1 aliphatic rings. The lowest BCUT2D eigenvalue weighted by Gasteiger charge is -2.28. The Labute approximate surface area is 213 Å². The standard InChI is InChI=1S/C25H21F2N7O2S/c26-22(27)24-32-31-23(36-24)17-1-3-18(30-13-17)14-34-19-4-2-15(11-20(19)37-25(34)35)16-5-6-29-21(12-16)33-9-7-28-8-10-33/h1-6,11-13,22,28H,7-10,14H2. The minimum Gasteiger partial charge on any atom is -0.415 e. The van der Waals surface area contributed by atoms with Gasteiger partial charge in [-0.25, -0.2) is 4.98 Å². The third-order valence-corrected chi connectivity index (χ3v) is 7.15. The second-order valence-corrected chi connectivity index (χ2v) is 9.55. The average molecular weight is 522 g/mol. The van der Waals surface area contributed by atoms with Crippen molar-refractivity contribution in [1.29, 1.82) is 0 Å². The highest BCUT2D eigenvalue weighted by atomic mass is 32.1. The first-order chi connectivity index (χ1) is 18.0. The summed E-state index contributed by atoms with van der Waals surface area (Å²) in [6, 6.07) is 13.4. The van der Waals surface area contributed by atoms with Crippen molar-refractivity contribution in [3.8, 4) is 22.6 Å². The van der Waals surface area contributed by atoms with Crippen LogP contribution in [0.25, 0.3) is 32.8 Å². The highest BCUT2D eigenvalue weighted by molar-refractivity contribution is 7.16. The van der Waals surface area contributed by atoms with Crippen LogP contribution in [0.15, 0.2) is 64.1 Å². The van der Waals surface area contributed by atoms with Crippen LogP contribution in [-0.2, 0) is 6.54 Å². The number of thiazole rings is 1. The van der Waals surface area contributed by atoms with Crippen molar-refractivity contribution in [2.45, 2.75) is 13.0 Å². The van der Waals surface area contributed by atoms with Gasteiger partial charge >= 0.3 is 11.3 Å². The topological polar surface area (TPSA) is 102 Å². The number of rotatable bonds is 6. The molecular weight excluding hydrogens is 500 g/mol. The molecule has 0 aliphatic carbocycles. The monoisotopic (exact) mass is 521 g/mol. The van der Waals surface area contributed by atoms with Gasteiger partial charge in [0.2, 0.25) is 5.89 Å². The molecule has 0 unspecified atom stereocenters. The van der Waals surface area contributed by atoms with Crippen LogP contribution in [0.3, 0.4) is 0 Å². The lowest BCUT2D eigenvalue weighted by molar-refractivity contribution is 0.116.